The Hall–Kier alpha value is -3.94. The summed E-state index contributed by atoms with van der Waals surface area (Å²) < 4.78 is 110. The molecule has 2 aromatic carbocycles. The van der Waals surface area contributed by atoms with Gasteiger partial charge in [0.1, 0.15) is 30.5 Å². The van der Waals surface area contributed by atoms with E-state index < -0.39 is 104 Å². The largest absolute Gasteiger partial charge is 0.497 e. The van der Waals surface area contributed by atoms with Crippen LogP contribution >= 0.6 is 11.6 Å². The van der Waals surface area contributed by atoms with Gasteiger partial charge in [-0.1, -0.05) is 70.5 Å². The highest BCUT2D eigenvalue weighted by atomic mass is 35.5. The Balaban J connectivity index is 2.55. The third kappa shape index (κ3) is 12.8. The number of aliphatic hydroxyl groups is 1. The number of ether oxygens (including phenoxy) is 1. The van der Waals surface area contributed by atoms with Crippen LogP contribution in [0.25, 0.3) is 0 Å². The minimum absolute atomic E-state index is 0.0297. The number of carbonyl (C=O) groups is 4. The Kier molecular flexibility index (Phi) is 15.7. The molecule has 0 aliphatic carbocycles. The summed E-state index contributed by atoms with van der Waals surface area (Å²) in [6.45, 7) is 8.87. The van der Waals surface area contributed by atoms with Crippen LogP contribution in [-0.4, -0.2) is 87.6 Å². The molecule has 0 fully saturated rings. The summed E-state index contributed by atoms with van der Waals surface area (Å²) in [5.74, 6) is -16.8. The summed E-state index contributed by atoms with van der Waals surface area (Å²) in [7, 11) is -1.40. The molecule has 0 radical (unpaired) electrons. The Bertz CT molecular complexity index is 1660. The van der Waals surface area contributed by atoms with E-state index in [0.717, 1.165) is 17.4 Å². The number of amides is 4. The van der Waals surface area contributed by atoms with E-state index in [4.69, 9.17) is 20.8 Å². The first-order valence-corrected chi connectivity index (χ1v) is 20.1. The second-order valence-corrected chi connectivity index (χ2v) is 19.8. The number of rotatable bonds is 17. The number of methoxy groups -OCH3 is 1. The average Bonchev–Trinajstić information content (AvgIpc) is 3.08. The van der Waals surface area contributed by atoms with Crippen molar-refractivity contribution >= 4 is 43.5 Å². The van der Waals surface area contributed by atoms with E-state index in [2.05, 4.69) is 10.6 Å². The highest BCUT2D eigenvalue weighted by molar-refractivity contribution is 6.74. The van der Waals surface area contributed by atoms with Crippen molar-refractivity contribution in [1.82, 2.24) is 21.3 Å². The highest BCUT2D eigenvalue weighted by Crippen LogP contribution is 2.37. The molecule has 0 bridgehead atoms. The van der Waals surface area contributed by atoms with Gasteiger partial charge in [-0.25, -0.2) is 0 Å². The Labute approximate surface area is 320 Å². The van der Waals surface area contributed by atoms with Crippen LogP contribution in [0.5, 0.6) is 5.75 Å². The Morgan fingerprint density at radius 2 is 1.44 bits per heavy atom. The second kappa shape index (κ2) is 18.3. The van der Waals surface area contributed by atoms with Crippen molar-refractivity contribution in [3.05, 3.63) is 64.7 Å². The maximum absolute atomic E-state index is 15.4. The van der Waals surface area contributed by atoms with E-state index in [0.29, 0.717) is 0 Å². The van der Waals surface area contributed by atoms with Crippen molar-refractivity contribution in [3.8, 4) is 5.75 Å². The molecule has 0 saturated heterocycles. The van der Waals surface area contributed by atoms with Gasteiger partial charge >= 0.3 is 18.0 Å². The van der Waals surface area contributed by atoms with Crippen molar-refractivity contribution < 1.29 is 64.2 Å². The first-order chi connectivity index (χ1) is 25.0. The lowest BCUT2D eigenvalue weighted by Gasteiger charge is -2.37. The monoisotopic (exact) mass is 830 g/mol. The van der Waals surface area contributed by atoms with Crippen molar-refractivity contribution in [1.29, 1.82) is 0 Å². The molecule has 2 rings (SSSR count). The van der Waals surface area contributed by atoms with Crippen LogP contribution in [0.3, 0.4) is 0 Å². The molecule has 4 atom stereocenters. The Morgan fingerprint density at radius 1 is 0.855 bits per heavy atom. The van der Waals surface area contributed by atoms with E-state index in [9.17, 15) is 37.5 Å². The quantitative estimate of drug-likeness (QED) is 0.103. The molecule has 5 N–H and O–H groups in total. The first kappa shape index (κ1) is 47.2. The smallest absolute Gasteiger partial charge is 0.405 e. The molecule has 0 saturated carbocycles. The SMILES string of the molecule is COc1ccc([C@H](NC(=O)[C@H](CO[Si](C)(C)C(C)(C)C)NC(=O)C(F)(F)c2cccc(Cl)c2)C(=O)N[C@@H](C(C)C)C(O)C(F)(F)C(=O)NCC(F)(F)F)cc1. The zero-order valence-electron chi connectivity index (χ0n) is 31.3. The molecule has 11 nitrogen and oxygen atoms in total. The second-order valence-electron chi connectivity index (χ2n) is 14.5. The fourth-order valence-corrected chi connectivity index (χ4v) is 5.82. The number of halogens is 8. The number of hydrogen-bond donors (Lipinski definition) is 5. The van der Waals surface area contributed by atoms with Gasteiger partial charge in [-0.2, -0.15) is 30.7 Å². The molecule has 2 aromatic rings. The van der Waals surface area contributed by atoms with E-state index in [1.54, 1.807) is 13.1 Å². The third-order valence-corrected chi connectivity index (χ3v) is 13.7. The van der Waals surface area contributed by atoms with Gasteiger partial charge in [-0.3, -0.25) is 19.2 Å². The topological polar surface area (TPSA) is 155 Å². The van der Waals surface area contributed by atoms with Gasteiger partial charge in [-0.15, -0.1) is 0 Å². The molecule has 0 aliphatic heterocycles. The Morgan fingerprint density at radius 3 is 1.93 bits per heavy atom. The number of hydrogen-bond acceptors (Lipinski definition) is 7. The van der Waals surface area contributed by atoms with Gasteiger partial charge in [0, 0.05) is 10.6 Å². The van der Waals surface area contributed by atoms with E-state index in [1.807, 2.05) is 26.1 Å². The van der Waals surface area contributed by atoms with Crippen LogP contribution < -0.4 is 26.0 Å². The van der Waals surface area contributed by atoms with Crippen molar-refractivity contribution in [2.45, 2.75) is 95.0 Å². The summed E-state index contributed by atoms with van der Waals surface area (Å²) in [5, 5.41) is 17.5. The molecule has 0 aliphatic rings. The summed E-state index contributed by atoms with van der Waals surface area (Å²) in [5.41, 5.74) is -0.822. The molecule has 308 valence electrons. The number of carbonyl (C=O) groups excluding carboxylic acids is 4. The molecule has 1 unspecified atom stereocenters. The number of aliphatic hydroxyl groups excluding tert-OH is 1. The average molecular weight is 831 g/mol. The van der Waals surface area contributed by atoms with Gasteiger partial charge in [0.15, 0.2) is 8.32 Å². The molecular formula is C35H46ClF7N4O7Si. The van der Waals surface area contributed by atoms with E-state index in [-0.39, 0.29) is 16.3 Å². The predicted octanol–water partition coefficient (Wildman–Crippen LogP) is 5.62. The molecular weight excluding hydrogens is 785 g/mol. The van der Waals surface area contributed by atoms with E-state index in [1.165, 1.54) is 57.4 Å². The maximum Gasteiger partial charge on any atom is 0.405 e. The van der Waals surface area contributed by atoms with Crippen LogP contribution in [-0.2, 0) is 29.5 Å². The fourth-order valence-electron chi connectivity index (χ4n) is 4.61. The van der Waals surface area contributed by atoms with Gasteiger partial charge in [0.2, 0.25) is 11.8 Å². The van der Waals surface area contributed by atoms with Crippen LogP contribution in [0.15, 0.2) is 48.5 Å². The van der Waals surface area contributed by atoms with Crippen molar-refractivity contribution in [2.75, 3.05) is 20.3 Å². The molecule has 20 heteroatoms. The lowest BCUT2D eigenvalue weighted by atomic mass is 9.93. The van der Waals surface area contributed by atoms with Crippen molar-refractivity contribution in [3.63, 3.8) is 0 Å². The fraction of sp³-hybridized carbons (Fsp3) is 0.543. The van der Waals surface area contributed by atoms with Gasteiger partial charge in [0.25, 0.3) is 11.8 Å². The molecule has 0 heterocycles. The lowest BCUT2D eigenvalue weighted by molar-refractivity contribution is -0.175. The molecule has 0 aromatic heterocycles. The minimum Gasteiger partial charge on any atom is -0.497 e. The summed E-state index contributed by atoms with van der Waals surface area (Å²) in [6.07, 6.45) is -8.12. The molecule has 0 spiro atoms. The van der Waals surface area contributed by atoms with Crippen LogP contribution in [0.1, 0.15) is 51.8 Å². The highest BCUT2D eigenvalue weighted by Gasteiger charge is 2.52. The summed E-state index contributed by atoms with van der Waals surface area (Å²) in [6, 6.07) is 3.86. The van der Waals surface area contributed by atoms with Gasteiger partial charge in [-0.05, 0) is 53.9 Å². The predicted molar refractivity (Wildman–Crippen MR) is 191 cm³/mol. The van der Waals surface area contributed by atoms with Gasteiger partial charge < -0.3 is 35.5 Å². The third-order valence-electron chi connectivity index (χ3n) is 9.00. The molecule has 55 heavy (non-hydrogen) atoms. The van der Waals surface area contributed by atoms with Gasteiger partial charge in [0.05, 0.1) is 19.8 Å². The minimum atomic E-state index is -5.05. The van der Waals surface area contributed by atoms with Crippen LogP contribution in [0.2, 0.25) is 23.2 Å². The zero-order chi connectivity index (χ0) is 42.3. The summed E-state index contributed by atoms with van der Waals surface area (Å²) >= 11 is 5.86. The standard InChI is InChI=1S/C35H46ClF7N4O7Si/c1-19(2)25(27(48)35(42,43)30(51)44-18-33(37,38)39)46-29(50)26(20-12-14-23(53-6)15-13-20)47-28(49)24(17-54-55(7,8)32(3,4)5)45-31(52)34(40,41)21-10-9-11-22(36)16-21/h9-16,19,24-27,48H,17-18H2,1-8H3,(H,44,51)(H,45,52)(H,46,50)(H,47,49)/t24-,25-,26-,27?/m0/s1. The number of nitrogens with one attached hydrogen (secondary N) is 4. The van der Waals surface area contributed by atoms with Crippen LogP contribution in [0, 0.1) is 5.92 Å². The number of alkyl halides is 7. The normalized spacial score (nSPS) is 15.0. The summed E-state index contributed by atoms with van der Waals surface area (Å²) in [4.78, 5) is 53.0. The lowest BCUT2D eigenvalue weighted by Crippen LogP contribution is -2.61. The first-order valence-electron chi connectivity index (χ1n) is 16.8. The van der Waals surface area contributed by atoms with E-state index >= 15 is 17.6 Å². The zero-order valence-corrected chi connectivity index (χ0v) is 33.1. The maximum atomic E-state index is 15.4. The number of benzene rings is 2. The van der Waals surface area contributed by atoms with Crippen LogP contribution in [0.4, 0.5) is 30.7 Å². The van der Waals surface area contributed by atoms with Crippen molar-refractivity contribution in [2.24, 2.45) is 5.92 Å². The molecule has 4 amide bonds.